The number of piperidine rings is 1. The van der Waals surface area contributed by atoms with Gasteiger partial charge in [-0.2, -0.15) is 0 Å². The molecule has 7 heteroatoms. The van der Waals surface area contributed by atoms with Gasteiger partial charge in [0, 0.05) is 43.2 Å². The number of rotatable bonds is 9. The quantitative estimate of drug-likeness (QED) is 0.516. The molecule has 0 aromatic heterocycles. The van der Waals surface area contributed by atoms with Crippen LogP contribution in [0, 0.1) is 6.92 Å². The molecule has 2 aromatic rings. The molecule has 0 atom stereocenters. The van der Waals surface area contributed by atoms with Gasteiger partial charge >= 0.3 is 6.03 Å². The fraction of sp³-hybridized carbons (Fsp3) is 0.462. The van der Waals surface area contributed by atoms with Crippen LogP contribution in [0.5, 0.6) is 0 Å². The van der Waals surface area contributed by atoms with E-state index >= 15 is 0 Å². The molecule has 1 heterocycles. The Labute approximate surface area is 197 Å². The van der Waals surface area contributed by atoms with Gasteiger partial charge in [0.2, 0.25) is 0 Å². The van der Waals surface area contributed by atoms with E-state index < -0.39 is 0 Å². The summed E-state index contributed by atoms with van der Waals surface area (Å²) < 4.78 is 0. The van der Waals surface area contributed by atoms with Crippen LogP contribution in [0.4, 0.5) is 21.9 Å². The molecule has 0 spiro atoms. The lowest BCUT2D eigenvalue weighted by Gasteiger charge is -2.30. The average molecular weight is 452 g/mol. The summed E-state index contributed by atoms with van der Waals surface area (Å²) >= 11 is 0. The Hall–Kier alpha value is -3.06. The summed E-state index contributed by atoms with van der Waals surface area (Å²) in [5.74, 6) is -0.106. The molecule has 0 saturated carbocycles. The van der Waals surface area contributed by atoms with Crippen molar-refractivity contribution in [2.45, 2.75) is 40.0 Å². The van der Waals surface area contributed by atoms with Crippen molar-refractivity contribution >= 4 is 29.0 Å². The molecule has 1 aliphatic heterocycles. The third-order valence-corrected chi connectivity index (χ3v) is 6.20. The number of likely N-dealkylation sites (N-methyl/N-ethyl adjacent to an activating group) is 1. The van der Waals surface area contributed by atoms with Crippen molar-refractivity contribution in [2.24, 2.45) is 0 Å². The van der Waals surface area contributed by atoms with E-state index in [0.717, 1.165) is 62.5 Å². The van der Waals surface area contributed by atoms with Crippen LogP contribution in [-0.4, -0.2) is 56.1 Å². The highest BCUT2D eigenvalue weighted by molar-refractivity contribution is 6.04. The largest absolute Gasteiger partial charge is 0.371 e. The summed E-state index contributed by atoms with van der Waals surface area (Å²) in [6, 6.07) is 12.9. The highest BCUT2D eigenvalue weighted by Gasteiger charge is 2.20. The number of nitrogens with zero attached hydrogens (tertiary/aromatic N) is 2. The van der Waals surface area contributed by atoms with Crippen LogP contribution in [0.3, 0.4) is 0 Å². The van der Waals surface area contributed by atoms with Crippen LogP contribution in [0.15, 0.2) is 42.5 Å². The number of hydrogen-bond donors (Lipinski definition) is 3. The Morgan fingerprint density at radius 3 is 2.39 bits per heavy atom. The van der Waals surface area contributed by atoms with E-state index in [1.807, 2.05) is 43.3 Å². The molecule has 3 rings (SSSR count). The van der Waals surface area contributed by atoms with Gasteiger partial charge in [-0.1, -0.05) is 32.0 Å². The fourth-order valence-corrected chi connectivity index (χ4v) is 4.17. The van der Waals surface area contributed by atoms with Crippen LogP contribution < -0.4 is 20.9 Å². The molecule has 1 fully saturated rings. The molecule has 0 bridgehead atoms. The maximum atomic E-state index is 13.2. The number of urea groups is 1. The van der Waals surface area contributed by atoms with E-state index in [4.69, 9.17) is 0 Å². The van der Waals surface area contributed by atoms with Gasteiger partial charge in [-0.25, -0.2) is 4.79 Å². The van der Waals surface area contributed by atoms with Crippen molar-refractivity contribution in [3.8, 4) is 0 Å². The van der Waals surface area contributed by atoms with Crippen molar-refractivity contribution in [1.29, 1.82) is 0 Å². The number of benzene rings is 2. The first kappa shape index (κ1) is 24.6. The number of anilines is 3. The lowest BCUT2D eigenvalue weighted by atomic mass is 10.1. The minimum atomic E-state index is -0.331. The summed E-state index contributed by atoms with van der Waals surface area (Å²) in [7, 11) is 0. The van der Waals surface area contributed by atoms with Gasteiger partial charge in [0.1, 0.15) is 0 Å². The summed E-state index contributed by atoms with van der Waals surface area (Å²) in [6.45, 7) is 11.4. The van der Waals surface area contributed by atoms with Gasteiger partial charge in [-0.3, -0.25) is 4.79 Å². The molecule has 1 aliphatic rings. The molecule has 0 radical (unpaired) electrons. The van der Waals surface area contributed by atoms with E-state index in [0.29, 0.717) is 17.8 Å². The molecular formula is C26H37N5O2. The van der Waals surface area contributed by atoms with Gasteiger partial charge in [0.25, 0.3) is 5.91 Å². The zero-order chi connectivity index (χ0) is 23.6. The van der Waals surface area contributed by atoms with Crippen LogP contribution in [0.1, 0.15) is 49.0 Å². The smallest absolute Gasteiger partial charge is 0.323 e. The van der Waals surface area contributed by atoms with Crippen LogP contribution >= 0.6 is 0 Å². The Morgan fingerprint density at radius 1 is 0.970 bits per heavy atom. The van der Waals surface area contributed by atoms with E-state index in [2.05, 4.69) is 39.6 Å². The zero-order valence-electron chi connectivity index (χ0n) is 20.1. The summed E-state index contributed by atoms with van der Waals surface area (Å²) in [6.07, 6.45) is 3.48. The van der Waals surface area contributed by atoms with Crippen LogP contribution in [0.25, 0.3) is 0 Å². The van der Waals surface area contributed by atoms with Gasteiger partial charge in [-0.05, 0) is 69.1 Å². The highest BCUT2D eigenvalue weighted by Crippen LogP contribution is 2.27. The lowest BCUT2D eigenvalue weighted by Crippen LogP contribution is -2.36. The number of amides is 3. The van der Waals surface area contributed by atoms with Crippen molar-refractivity contribution in [3.05, 3.63) is 53.6 Å². The standard InChI is InChI=1S/C26H37N5O2/c1-4-30(5-2)18-15-27-25(32)22-19-21(13-14-24(22)31-16-9-6-10-17-31)28-26(33)29-23-12-8-7-11-20(23)3/h7-8,11-14,19H,4-6,9-10,15-18H2,1-3H3,(H,27,32)(H2,28,29,33). The van der Waals surface area contributed by atoms with E-state index in [9.17, 15) is 9.59 Å². The normalized spacial score (nSPS) is 13.6. The van der Waals surface area contributed by atoms with E-state index in [-0.39, 0.29) is 11.9 Å². The minimum absolute atomic E-state index is 0.106. The van der Waals surface area contributed by atoms with Crippen molar-refractivity contribution < 1.29 is 9.59 Å². The molecule has 0 aliphatic carbocycles. The fourth-order valence-electron chi connectivity index (χ4n) is 4.17. The number of aryl methyl sites for hydroxylation is 1. The molecule has 178 valence electrons. The molecular weight excluding hydrogens is 414 g/mol. The number of hydrogen-bond acceptors (Lipinski definition) is 4. The van der Waals surface area contributed by atoms with Crippen molar-refractivity contribution in [3.63, 3.8) is 0 Å². The first-order chi connectivity index (χ1) is 16.0. The molecule has 33 heavy (non-hydrogen) atoms. The number of carbonyl (C=O) groups is 2. The first-order valence-electron chi connectivity index (χ1n) is 12.0. The van der Waals surface area contributed by atoms with Crippen molar-refractivity contribution in [2.75, 3.05) is 54.8 Å². The van der Waals surface area contributed by atoms with E-state index in [1.165, 1.54) is 6.42 Å². The molecule has 1 saturated heterocycles. The van der Waals surface area contributed by atoms with Gasteiger partial charge in [0.15, 0.2) is 0 Å². The van der Waals surface area contributed by atoms with Crippen LogP contribution in [-0.2, 0) is 0 Å². The monoisotopic (exact) mass is 451 g/mol. The topological polar surface area (TPSA) is 76.7 Å². The summed E-state index contributed by atoms with van der Waals surface area (Å²) in [4.78, 5) is 30.3. The maximum absolute atomic E-state index is 13.2. The van der Waals surface area contributed by atoms with Crippen molar-refractivity contribution in [1.82, 2.24) is 10.2 Å². The summed E-state index contributed by atoms with van der Waals surface area (Å²) in [5.41, 5.74) is 3.87. The summed E-state index contributed by atoms with van der Waals surface area (Å²) in [5, 5.41) is 8.83. The van der Waals surface area contributed by atoms with E-state index in [1.54, 1.807) is 6.07 Å². The second-order valence-electron chi connectivity index (χ2n) is 8.46. The predicted molar refractivity (Wildman–Crippen MR) is 136 cm³/mol. The Bertz CT molecular complexity index is 936. The van der Waals surface area contributed by atoms with Crippen LogP contribution in [0.2, 0.25) is 0 Å². The zero-order valence-corrected chi connectivity index (χ0v) is 20.1. The molecule has 0 unspecified atom stereocenters. The third kappa shape index (κ3) is 6.96. The lowest BCUT2D eigenvalue weighted by molar-refractivity contribution is 0.0949. The van der Waals surface area contributed by atoms with Gasteiger partial charge in [-0.15, -0.1) is 0 Å². The number of nitrogens with one attached hydrogen (secondary N) is 3. The Morgan fingerprint density at radius 2 is 1.70 bits per heavy atom. The first-order valence-corrected chi connectivity index (χ1v) is 12.0. The second-order valence-corrected chi connectivity index (χ2v) is 8.46. The van der Waals surface area contributed by atoms with Gasteiger partial charge < -0.3 is 25.8 Å². The molecule has 2 aromatic carbocycles. The molecule has 3 amide bonds. The van der Waals surface area contributed by atoms with Gasteiger partial charge in [0.05, 0.1) is 5.56 Å². The maximum Gasteiger partial charge on any atom is 0.323 e. The average Bonchev–Trinajstić information content (AvgIpc) is 2.83. The predicted octanol–water partition coefficient (Wildman–Crippen LogP) is 4.70. The Kier molecular flexibility index (Phi) is 9.13. The highest BCUT2D eigenvalue weighted by atomic mass is 16.2. The minimum Gasteiger partial charge on any atom is -0.371 e. The SMILES string of the molecule is CCN(CC)CCNC(=O)c1cc(NC(=O)Nc2ccccc2C)ccc1N1CCCCC1. The second kappa shape index (κ2) is 12.3. The number of para-hydroxylation sites is 1. The number of carbonyl (C=O) groups excluding carboxylic acids is 2. The molecule has 7 nitrogen and oxygen atoms in total. The molecule has 3 N–H and O–H groups in total. The Balaban J connectivity index is 1.74. The third-order valence-electron chi connectivity index (χ3n) is 6.20.